The Hall–Kier alpha value is -1.95. The first-order valence-corrected chi connectivity index (χ1v) is 7.81. The molecule has 2 aromatic rings. The van der Waals surface area contributed by atoms with Gasteiger partial charge in [-0.3, -0.25) is 4.79 Å². The van der Waals surface area contributed by atoms with E-state index in [2.05, 4.69) is 14.3 Å². The Morgan fingerprint density at radius 3 is 2.81 bits per heavy atom. The zero-order chi connectivity index (χ0) is 14.8. The molecule has 1 aliphatic heterocycles. The molecule has 3 rings (SSSR count). The van der Waals surface area contributed by atoms with Crippen LogP contribution in [0.2, 0.25) is 0 Å². The fourth-order valence-electron chi connectivity index (χ4n) is 2.59. The Balaban J connectivity index is 1.84. The third-order valence-electron chi connectivity index (χ3n) is 3.67. The number of rotatable bonds is 3. The van der Waals surface area contributed by atoms with E-state index in [1.54, 1.807) is 19.0 Å². The van der Waals surface area contributed by atoms with E-state index in [1.807, 2.05) is 30.3 Å². The highest BCUT2D eigenvalue weighted by atomic mass is 32.1. The first-order valence-electron chi connectivity index (χ1n) is 7.04. The van der Waals surface area contributed by atoms with Crippen LogP contribution in [0.3, 0.4) is 0 Å². The minimum Gasteiger partial charge on any atom is -0.347 e. The summed E-state index contributed by atoms with van der Waals surface area (Å²) in [7, 11) is 3.60. The van der Waals surface area contributed by atoms with Gasteiger partial charge in [0.2, 0.25) is 11.0 Å². The van der Waals surface area contributed by atoms with Crippen molar-refractivity contribution in [1.29, 1.82) is 0 Å². The minimum absolute atomic E-state index is 0.100. The molecule has 6 heteroatoms. The number of hydrogen-bond acceptors (Lipinski definition) is 5. The van der Waals surface area contributed by atoms with Gasteiger partial charge in [0.15, 0.2) is 5.82 Å². The van der Waals surface area contributed by atoms with Gasteiger partial charge in [-0.05, 0) is 12.8 Å². The largest absolute Gasteiger partial charge is 0.347 e. The minimum atomic E-state index is -0.100. The highest BCUT2D eigenvalue weighted by molar-refractivity contribution is 7.09. The molecule has 1 amide bonds. The maximum Gasteiger partial charge on any atom is 0.244 e. The molecule has 0 bridgehead atoms. The fourth-order valence-corrected chi connectivity index (χ4v) is 3.35. The summed E-state index contributed by atoms with van der Waals surface area (Å²) in [6.07, 6.45) is 1.90. The number of amides is 1. The van der Waals surface area contributed by atoms with Crippen molar-refractivity contribution in [3.8, 4) is 11.4 Å². The van der Waals surface area contributed by atoms with Crippen molar-refractivity contribution in [2.24, 2.45) is 0 Å². The van der Waals surface area contributed by atoms with Crippen LogP contribution in [-0.4, -0.2) is 46.8 Å². The van der Waals surface area contributed by atoms with Crippen LogP contribution in [-0.2, 0) is 4.79 Å². The van der Waals surface area contributed by atoms with Gasteiger partial charge in [-0.15, -0.1) is 0 Å². The van der Waals surface area contributed by atoms with Crippen molar-refractivity contribution in [3.63, 3.8) is 0 Å². The lowest BCUT2D eigenvalue weighted by molar-refractivity contribution is -0.129. The van der Waals surface area contributed by atoms with Crippen LogP contribution in [0.25, 0.3) is 11.4 Å². The molecule has 1 atom stereocenters. The highest BCUT2D eigenvalue weighted by Gasteiger charge is 2.33. The number of carbonyl (C=O) groups is 1. The Morgan fingerprint density at radius 2 is 2.10 bits per heavy atom. The van der Waals surface area contributed by atoms with Crippen molar-refractivity contribution in [2.75, 3.05) is 25.5 Å². The smallest absolute Gasteiger partial charge is 0.244 e. The molecule has 2 heterocycles. The average molecular weight is 302 g/mol. The maximum absolute atomic E-state index is 12.2. The summed E-state index contributed by atoms with van der Waals surface area (Å²) >= 11 is 1.37. The second-order valence-electron chi connectivity index (χ2n) is 5.35. The predicted molar refractivity (Wildman–Crippen MR) is 84.4 cm³/mol. The molecule has 0 N–H and O–H groups in total. The Bertz CT molecular complexity index is 626. The number of aromatic nitrogens is 2. The van der Waals surface area contributed by atoms with Gasteiger partial charge in [-0.2, -0.15) is 9.36 Å². The van der Waals surface area contributed by atoms with E-state index >= 15 is 0 Å². The maximum atomic E-state index is 12.2. The van der Waals surface area contributed by atoms with Gasteiger partial charge in [0.1, 0.15) is 6.04 Å². The van der Waals surface area contributed by atoms with Gasteiger partial charge >= 0.3 is 0 Å². The molecule has 0 radical (unpaired) electrons. The fraction of sp³-hybridized carbons (Fsp3) is 0.400. The molecule has 1 fully saturated rings. The molecule has 0 aliphatic carbocycles. The molecule has 0 saturated carbocycles. The van der Waals surface area contributed by atoms with Crippen LogP contribution in [0.5, 0.6) is 0 Å². The zero-order valence-electron chi connectivity index (χ0n) is 12.2. The molecule has 1 unspecified atom stereocenters. The molecule has 0 spiro atoms. The SMILES string of the molecule is CN(C)C(=O)C1CCCN1c1nc(-c2ccccc2)ns1. The molecule has 1 aromatic heterocycles. The van der Waals surface area contributed by atoms with Gasteiger partial charge in [-0.1, -0.05) is 30.3 Å². The van der Waals surface area contributed by atoms with Crippen LogP contribution in [0.4, 0.5) is 5.13 Å². The lowest BCUT2D eigenvalue weighted by Gasteiger charge is -2.25. The second-order valence-corrected chi connectivity index (χ2v) is 6.08. The molecule has 1 aliphatic rings. The summed E-state index contributed by atoms with van der Waals surface area (Å²) < 4.78 is 4.43. The number of carbonyl (C=O) groups excluding carboxylic acids is 1. The summed E-state index contributed by atoms with van der Waals surface area (Å²) in [6, 6.07) is 9.82. The predicted octanol–water partition coefficient (Wildman–Crippen LogP) is 2.26. The van der Waals surface area contributed by atoms with Gasteiger partial charge in [0, 0.05) is 37.7 Å². The zero-order valence-corrected chi connectivity index (χ0v) is 13.0. The molecule has 1 saturated heterocycles. The summed E-state index contributed by atoms with van der Waals surface area (Å²) in [4.78, 5) is 20.6. The van der Waals surface area contributed by atoms with Crippen LogP contribution in [0.1, 0.15) is 12.8 Å². The van der Waals surface area contributed by atoms with Crippen LogP contribution in [0, 0.1) is 0 Å². The van der Waals surface area contributed by atoms with E-state index in [0.717, 1.165) is 35.9 Å². The van der Waals surface area contributed by atoms with Crippen molar-refractivity contribution in [3.05, 3.63) is 30.3 Å². The molecular formula is C15H18N4OS. The van der Waals surface area contributed by atoms with Crippen LogP contribution >= 0.6 is 11.5 Å². The standard InChI is InChI=1S/C15H18N4OS/c1-18(2)14(20)12-9-6-10-19(12)15-16-13(17-21-15)11-7-4-3-5-8-11/h3-5,7-8,12H,6,9-10H2,1-2H3. The summed E-state index contributed by atoms with van der Waals surface area (Å²) in [5, 5.41) is 0.839. The first-order chi connectivity index (χ1) is 10.2. The normalized spacial score (nSPS) is 18.0. The topological polar surface area (TPSA) is 49.3 Å². The Kier molecular flexibility index (Phi) is 3.88. The van der Waals surface area contributed by atoms with E-state index in [0.29, 0.717) is 0 Å². The number of likely N-dealkylation sites (N-methyl/N-ethyl adjacent to an activating group) is 1. The first kappa shape index (κ1) is 14.0. The second kappa shape index (κ2) is 5.81. The quantitative estimate of drug-likeness (QED) is 0.872. The average Bonchev–Trinajstić information content (AvgIpc) is 3.16. The number of hydrogen-bond donors (Lipinski definition) is 0. The Labute approximate surface area is 128 Å². The van der Waals surface area contributed by atoms with Gasteiger partial charge in [0.05, 0.1) is 0 Å². The highest BCUT2D eigenvalue weighted by Crippen LogP contribution is 2.30. The number of anilines is 1. The van der Waals surface area contributed by atoms with Crippen molar-refractivity contribution >= 4 is 22.6 Å². The summed E-state index contributed by atoms with van der Waals surface area (Å²) in [6.45, 7) is 0.869. The molecule has 5 nitrogen and oxygen atoms in total. The van der Waals surface area contributed by atoms with E-state index in [-0.39, 0.29) is 11.9 Å². The van der Waals surface area contributed by atoms with Crippen molar-refractivity contribution in [2.45, 2.75) is 18.9 Å². The lowest BCUT2D eigenvalue weighted by Crippen LogP contribution is -2.42. The van der Waals surface area contributed by atoms with Crippen LogP contribution < -0.4 is 4.90 Å². The number of benzene rings is 1. The monoisotopic (exact) mass is 302 g/mol. The van der Waals surface area contributed by atoms with E-state index in [9.17, 15) is 4.79 Å². The van der Waals surface area contributed by atoms with E-state index in [4.69, 9.17) is 0 Å². The van der Waals surface area contributed by atoms with E-state index in [1.165, 1.54) is 11.5 Å². The molecule has 1 aromatic carbocycles. The van der Waals surface area contributed by atoms with Crippen molar-refractivity contribution in [1.82, 2.24) is 14.3 Å². The van der Waals surface area contributed by atoms with Gasteiger partial charge in [-0.25, -0.2) is 0 Å². The number of nitrogens with zero attached hydrogens (tertiary/aromatic N) is 4. The van der Waals surface area contributed by atoms with Gasteiger partial charge < -0.3 is 9.80 Å². The molecular weight excluding hydrogens is 284 g/mol. The molecule has 110 valence electrons. The lowest BCUT2D eigenvalue weighted by atomic mass is 10.2. The third kappa shape index (κ3) is 2.76. The van der Waals surface area contributed by atoms with Crippen molar-refractivity contribution < 1.29 is 4.79 Å². The summed E-state index contributed by atoms with van der Waals surface area (Å²) in [5.41, 5.74) is 1.01. The van der Waals surface area contributed by atoms with Gasteiger partial charge in [0.25, 0.3) is 0 Å². The van der Waals surface area contributed by atoms with E-state index < -0.39 is 0 Å². The van der Waals surface area contributed by atoms with Crippen LogP contribution in [0.15, 0.2) is 30.3 Å². The Morgan fingerprint density at radius 1 is 1.33 bits per heavy atom. The molecule has 21 heavy (non-hydrogen) atoms. The third-order valence-corrected chi connectivity index (χ3v) is 4.42. The summed E-state index contributed by atoms with van der Waals surface area (Å²) in [5.74, 6) is 0.877.